The van der Waals surface area contributed by atoms with Gasteiger partial charge in [0.1, 0.15) is 11.6 Å². The molecule has 1 aromatic heterocycles. The van der Waals surface area contributed by atoms with E-state index in [0.717, 1.165) is 45.4 Å². The van der Waals surface area contributed by atoms with Gasteiger partial charge in [0, 0.05) is 18.5 Å². The molecule has 1 unspecified atom stereocenters. The van der Waals surface area contributed by atoms with Gasteiger partial charge in [-0.2, -0.15) is 0 Å². The summed E-state index contributed by atoms with van der Waals surface area (Å²) in [5, 5.41) is 24.1. The minimum absolute atomic E-state index is 0.128. The molecule has 0 bridgehead atoms. The number of carbonyl (C=O) groups excluding carboxylic acids is 1. The van der Waals surface area contributed by atoms with Gasteiger partial charge in [0.25, 0.3) is 0 Å². The molecule has 0 fully saturated rings. The average molecular weight is 678 g/mol. The number of tetrazole rings is 1. The Bertz CT molecular complexity index is 1950. The molecule has 51 heavy (non-hydrogen) atoms. The van der Waals surface area contributed by atoms with E-state index in [1.54, 1.807) is 0 Å². The fraction of sp³-hybridized carbons (Fsp3) is 0.233. The smallest absolute Gasteiger partial charge is 0.326 e. The fourth-order valence-electron chi connectivity index (χ4n) is 7.02. The van der Waals surface area contributed by atoms with E-state index in [1.165, 1.54) is 4.90 Å². The number of rotatable bonds is 14. The van der Waals surface area contributed by atoms with Crippen LogP contribution in [0.25, 0.3) is 22.5 Å². The van der Waals surface area contributed by atoms with Gasteiger partial charge in [-0.1, -0.05) is 161 Å². The molecular weight excluding hydrogens is 635 g/mol. The van der Waals surface area contributed by atoms with Gasteiger partial charge in [0.15, 0.2) is 5.82 Å². The molecule has 1 atom stereocenters. The predicted molar refractivity (Wildman–Crippen MR) is 200 cm³/mol. The highest BCUT2D eigenvalue weighted by atomic mass is 16.4. The number of hydrogen-bond donors (Lipinski definition) is 1. The SMILES string of the molecule is CCCCC(=O)N(Cc1ccc(-c2ccccc2)c(-c2nnnn2C(c2ccccc2)(c2ccccc2)c2ccccc2)c1)C(C(=O)O)C(C)C. The Morgan fingerprint density at radius 2 is 1.27 bits per heavy atom. The number of carboxylic acids is 1. The molecule has 6 aromatic rings. The summed E-state index contributed by atoms with van der Waals surface area (Å²) in [6.07, 6.45) is 1.81. The Kier molecular flexibility index (Phi) is 10.8. The van der Waals surface area contributed by atoms with Crippen molar-refractivity contribution in [3.63, 3.8) is 0 Å². The lowest BCUT2D eigenvalue weighted by molar-refractivity contribution is -0.153. The Hall–Kier alpha value is -5.89. The third-order valence-electron chi connectivity index (χ3n) is 9.41. The molecule has 0 aliphatic carbocycles. The predicted octanol–water partition coefficient (Wildman–Crippen LogP) is 8.48. The second-order valence-electron chi connectivity index (χ2n) is 13.1. The van der Waals surface area contributed by atoms with Crippen LogP contribution in [0.2, 0.25) is 0 Å². The van der Waals surface area contributed by atoms with Crippen molar-refractivity contribution in [1.29, 1.82) is 0 Å². The zero-order chi connectivity index (χ0) is 35.8. The van der Waals surface area contributed by atoms with Crippen molar-refractivity contribution in [2.24, 2.45) is 5.92 Å². The van der Waals surface area contributed by atoms with Crippen LogP contribution in [0.4, 0.5) is 0 Å². The third-order valence-corrected chi connectivity index (χ3v) is 9.41. The van der Waals surface area contributed by atoms with Crippen molar-refractivity contribution in [2.45, 2.75) is 58.2 Å². The van der Waals surface area contributed by atoms with Crippen LogP contribution in [-0.2, 0) is 21.7 Å². The number of unbranched alkanes of at least 4 members (excludes halogenated alkanes) is 1. The van der Waals surface area contributed by atoms with Crippen molar-refractivity contribution in [3.8, 4) is 22.5 Å². The number of amides is 1. The molecule has 1 heterocycles. The number of aromatic nitrogens is 4. The quantitative estimate of drug-likeness (QED) is 0.116. The third kappa shape index (κ3) is 7.08. The van der Waals surface area contributed by atoms with Crippen LogP contribution in [0.5, 0.6) is 0 Å². The van der Waals surface area contributed by atoms with Crippen molar-refractivity contribution >= 4 is 11.9 Å². The molecular formula is C43H43N5O3. The van der Waals surface area contributed by atoms with Gasteiger partial charge in [-0.05, 0) is 62.2 Å². The first-order valence-corrected chi connectivity index (χ1v) is 17.5. The van der Waals surface area contributed by atoms with Crippen molar-refractivity contribution < 1.29 is 14.7 Å². The normalized spacial score (nSPS) is 12.1. The monoisotopic (exact) mass is 677 g/mol. The van der Waals surface area contributed by atoms with Crippen LogP contribution < -0.4 is 0 Å². The summed E-state index contributed by atoms with van der Waals surface area (Å²) < 4.78 is 1.90. The topological polar surface area (TPSA) is 101 Å². The molecule has 0 aliphatic heterocycles. The number of carboxylic acid groups (broad SMARTS) is 1. The summed E-state index contributed by atoms with van der Waals surface area (Å²) >= 11 is 0. The van der Waals surface area contributed by atoms with E-state index in [4.69, 9.17) is 10.3 Å². The Balaban J connectivity index is 1.61. The lowest BCUT2D eigenvalue weighted by Gasteiger charge is -2.36. The maximum absolute atomic E-state index is 13.6. The second-order valence-corrected chi connectivity index (χ2v) is 13.1. The highest BCUT2D eigenvalue weighted by Crippen LogP contribution is 2.43. The van der Waals surface area contributed by atoms with Crippen LogP contribution in [0.15, 0.2) is 140 Å². The van der Waals surface area contributed by atoms with Crippen LogP contribution in [-0.4, -0.2) is 48.1 Å². The first kappa shape index (κ1) is 35.0. The van der Waals surface area contributed by atoms with E-state index < -0.39 is 17.6 Å². The van der Waals surface area contributed by atoms with E-state index in [-0.39, 0.29) is 24.8 Å². The molecule has 0 saturated carbocycles. The van der Waals surface area contributed by atoms with Crippen LogP contribution in [0, 0.1) is 5.92 Å². The van der Waals surface area contributed by atoms with E-state index in [1.807, 2.05) is 129 Å². The standard InChI is InChI=1S/C43H43N5O3/c1-4-5-26-39(49)47(40(31(2)3)42(50)51)30-32-27-28-37(33-18-10-6-11-19-33)38(29-32)41-44-45-46-48(41)43(34-20-12-7-13-21-34,35-22-14-8-15-23-35)36-24-16-9-17-25-36/h6-25,27-29,31,40H,4-5,26,30H2,1-3H3,(H,50,51). The van der Waals surface area contributed by atoms with E-state index in [2.05, 4.69) is 41.6 Å². The molecule has 8 heteroatoms. The molecule has 6 rings (SSSR count). The molecule has 0 spiro atoms. The summed E-state index contributed by atoms with van der Waals surface area (Å²) in [6.45, 7) is 5.83. The number of carbonyl (C=O) groups is 2. The van der Waals surface area contributed by atoms with E-state index in [9.17, 15) is 14.7 Å². The van der Waals surface area contributed by atoms with E-state index >= 15 is 0 Å². The van der Waals surface area contributed by atoms with Crippen molar-refractivity contribution in [1.82, 2.24) is 25.1 Å². The van der Waals surface area contributed by atoms with Crippen LogP contribution in [0.1, 0.15) is 62.3 Å². The lowest BCUT2D eigenvalue weighted by atomic mass is 9.77. The Labute approximate surface area is 299 Å². The minimum Gasteiger partial charge on any atom is -0.480 e. The van der Waals surface area contributed by atoms with Crippen molar-refractivity contribution in [3.05, 3.63) is 162 Å². The summed E-state index contributed by atoms with van der Waals surface area (Å²) in [6, 6.07) is 45.8. The molecule has 0 aliphatic rings. The molecule has 0 radical (unpaired) electrons. The maximum Gasteiger partial charge on any atom is 0.326 e. The van der Waals surface area contributed by atoms with Gasteiger partial charge >= 0.3 is 5.97 Å². The summed E-state index contributed by atoms with van der Waals surface area (Å²) in [5.41, 5.74) is 5.36. The summed E-state index contributed by atoms with van der Waals surface area (Å²) in [5.74, 6) is -0.951. The number of benzene rings is 5. The second kappa shape index (κ2) is 15.8. The average Bonchev–Trinajstić information content (AvgIpc) is 3.65. The molecule has 1 N–H and O–H groups in total. The highest BCUT2D eigenvalue weighted by Gasteiger charge is 2.42. The van der Waals surface area contributed by atoms with Gasteiger partial charge in [-0.15, -0.1) is 5.10 Å². The molecule has 0 saturated heterocycles. The minimum atomic E-state index is -1.02. The lowest BCUT2D eigenvalue weighted by Crippen LogP contribution is -2.47. The van der Waals surface area contributed by atoms with Gasteiger partial charge in [-0.25, -0.2) is 9.48 Å². The zero-order valence-electron chi connectivity index (χ0n) is 29.3. The van der Waals surface area contributed by atoms with E-state index in [0.29, 0.717) is 12.2 Å². The first-order chi connectivity index (χ1) is 24.9. The Morgan fingerprint density at radius 3 is 1.76 bits per heavy atom. The van der Waals surface area contributed by atoms with Gasteiger partial charge in [0.2, 0.25) is 5.91 Å². The highest BCUT2D eigenvalue weighted by molar-refractivity contribution is 5.85. The number of aliphatic carboxylic acids is 1. The number of hydrogen-bond acceptors (Lipinski definition) is 5. The number of nitrogens with zero attached hydrogens (tertiary/aromatic N) is 5. The largest absolute Gasteiger partial charge is 0.480 e. The van der Waals surface area contributed by atoms with Crippen LogP contribution >= 0.6 is 0 Å². The molecule has 258 valence electrons. The fourth-order valence-corrected chi connectivity index (χ4v) is 7.02. The molecule has 1 amide bonds. The molecule has 8 nitrogen and oxygen atoms in total. The van der Waals surface area contributed by atoms with Gasteiger partial charge in [0.05, 0.1) is 0 Å². The zero-order valence-corrected chi connectivity index (χ0v) is 29.3. The van der Waals surface area contributed by atoms with Crippen LogP contribution in [0.3, 0.4) is 0 Å². The van der Waals surface area contributed by atoms with Gasteiger partial charge in [-0.3, -0.25) is 4.79 Å². The first-order valence-electron chi connectivity index (χ1n) is 17.5. The van der Waals surface area contributed by atoms with Crippen molar-refractivity contribution in [2.75, 3.05) is 0 Å². The maximum atomic E-state index is 13.6. The molecule has 5 aromatic carbocycles. The van der Waals surface area contributed by atoms with Gasteiger partial charge < -0.3 is 10.0 Å². The summed E-state index contributed by atoms with van der Waals surface area (Å²) in [4.78, 5) is 27.7. The Morgan fingerprint density at radius 1 is 0.745 bits per heavy atom. The summed E-state index contributed by atoms with van der Waals surface area (Å²) in [7, 11) is 0.